The van der Waals surface area contributed by atoms with Crippen LogP contribution in [-0.2, 0) is 4.74 Å². The van der Waals surface area contributed by atoms with E-state index >= 15 is 0 Å². The summed E-state index contributed by atoms with van der Waals surface area (Å²) >= 11 is 0. The lowest BCUT2D eigenvalue weighted by Crippen LogP contribution is -2.37. The highest BCUT2D eigenvalue weighted by Crippen LogP contribution is 1.95. The summed E-state index contributed by atoms with van der Waals surface area (Å²) in [6.07, 6.45) is 5.54. The van der Waals surface area contributed by atoms with Crippen LogP contribution in [0.4, 0.5) is 0 Å². The molecule has 2 heteroatoms. The van der Waals surface area contributed by atoms with Crippen molar-refractivity contribution in [1.82, 2.24) is 0 Å². The van der Waals surface area contributed by atoms with Crippen LogP contribution in [-0.4, -0.2) is 45.4 Å². The predicted octanol–water partition coefficient (Wildman–Crippen LogP) is 3.09. The lowest BCUT2D eigenvalue weighted by atomic mass is 10.3. The summed E-state index contributed by atoms with van der Waals surface area (Å²) in [6, 6.07) is 0. The van der Waals surface area contributed by atoms with Gasteiger partial charge >= 0.3 is 0 Å². The fourth-order valence-corrected chi connectivity index (χ4v) is 0.895. The second kappa shape index (κ2) is 11.7. The molecule has 0 aliphatic rings. The van der Waals surface area contributed by atoms with E-state index in [0.717, 1.165) is 24.2 Å². The number of allylic oxidation sites excluding steroid dienone is 1. The summed E-state index contributed by atoms with van der Waals surface area (Å²) in [4.78, 5) is 0. The van der Waals surface area contributed by atoms with Gasteiger partial charge in [0.2, 0.25) is 0 Å². The van der Waals surface area contributed by atoms with Gasteiger partial charge < -0.3 is 9.22 Å². The first-order valence-electron chi connectivity index (χ1n) is 5.93. The molecule has 0 fully saturated rings. The molecule has 0 heterocycles. The van der Waals surface area contributed by atoms with Crippen LogP contribution < -0.4 is 0 Å². The van der Waals surface area contributed by atoms with Gasteiger partial charge in [0.1, 0.15) is 6.54 Å². The van der Waals surface area contributed by atoms with E-state index in [2.05, 4.69) is 34.6 Å². The van der Waals surface area contributed by atoms with Gasteiger partial charge in [-0.05, 0) is 13.3 Å². The first-order valence-corrected chi connectivity index (χ1v) is 5.93. The molecule has 0 radical (unpaired) electrons. The van der Waals surface area contributed by atoms with Gasteiger partial charge in [-0.2, -0.15) is 0 Å². The second-order valence-corrected chi connectivity index (χ2v) is 4.74. The minimum Gasteiger partial charge on any atom is -0.376 e. The summed E-state index contributed by atoms with van der Waals surface area (Å²) in [6.45, 7) is 10.4. The molecule has 0 saturated carbocycles. The Morgan fingerprint density at radius 1 is 1.13 bits per heavy atom. The molecule has 2 nitrogen and oxygen atoms in total. The number of ether oxygens (including phenoxy) is 1. The van der Waals surface area contributed by atoms with Gasteiger partial charge in [-0.3, -0.25) is 0 Å². The fraction of sp³-hybridized carbons (Fsp3) is 0.846. The van der Waals surface area contributed by atoms with Crippen molar-refractivity contribution in [2.75, 3.05) is 40.9 Å². The number of quaternary nitrogens is 1. The third-order valence-corrected chi connectivity index (χ3v) is 1.80. The van der Waals surface area contributed by atoms with E-state index in [0.29, 0.717) is 0 Å². The molecule has 0 atom stereocenters. The quantitative estimate of drug-likeness (QED) is 0.361. The van der Waals surface area contributed by atoms with Gasteiger partial charge in [-0.1, -0.05) is 25.8 Å². The molecule has 15 heavy (non-hydrogen) atoms. The van der Waals surface area contributed by atoms with Crippen LogP contribution in [0.25, 0.3) is 0 Å². The molecule has 0 N–H and O–H groups in total. The minimum absolute atomic E-state index is 0.896. The molecular formula is C13H30NO+. The molecule has 0 aliphatic heterocycles. The van der Waals surface area contributed by atoms with Crippen molar-refractivity contribution in [2.45, 2.75) is 33.1 Å². The number of hydrogen-bond acceptors (Lipinski definition) is 1. The Labute approximate surface area is 96.5 Å². The van der Waals surface area contributed by atoms with Crippen molar-refractivity contribution in [3.05, 3.63) is 12.7 Å². The van der Waals surface area contributed by atoms with Gasteiger partial charge in [0.05, 0.1) is 27.7 Å². The van der Waals surface area contributed by atoms with Gasteiger partial charge in [-0.25, -0.2) is 0 Å². The third kappa shape index (κ3) is 24.8. The summed E-state index contributed by atoms with van der Waals surface area (Å²) in [7, 11) is 6.57. The fourth-order valence-electron chi connectivity index (χ4n) is 0.895. The number of unbranched alkanes of at least 4 members (excludes halogenated alkanes) is 2. The number of rotatable bonds is 7. The minimum atomic E-state index is 0.896. The summed E-state index contributed by atoms with van der Waals surface area (Å²) in [5.74, 6) is 0. The highest BCUT2D eigenvalue weighted by Gasteiger charge is 2.04. The number of likely N-dealkylation sites (N-methyl/N-ethyl adjacent to an activating group) is 1. The Kier molecular flexibility index (Phi) is 13.4. The van der Waals surface area contributed by atoms with Crippen LogP contribution in [0.15, 0.2) is 12.7 Å². The van der Waals surface area contributed by atoms with Crippen LogP contribution >= 0.6 is 0 Å². The van der Waals surface area contributed by atoms with Crippen molar-refractivity contribution < 1.29 is 9.22 Å². The molecule has 0 aromatic rings. The Morgan fingerprint density at radius 3 is 2.07 bits per heavy atom. The molecule has 0 aromatic carbocycles. The monoisotopic (exact) mass is 216 g/mol. The second-order valence-electron chi connectivity index (χ2n) is 4.74. The van der Waals surface area contributed by atoms with Crippen molar-refractivity contribution in [3.8, 4) is 0 Å². The molecule has 92 valence electrons. The average Bonchev–Trinajstić information content (AvgIpc) is 2.11. The molecule has 0 aliphatic carbocycles. The summed E-state index contributed by atoms with van der Waals surface area (Å²) in [5.41, 5.74) is 0. The van der Waals surface area contributed by atoms with E-state index in [9.17, 15) is 0 Å². The first kappa shape index (κ1) is 17.1. The van der Waals surface area contributed by atoms with Gasteiger partial charge in [0.25, 0.3) is 0 Å². The standard InChI is InChI=1S/C10H24NO.C3H6/c1-5-6-7-9-12-10-8-11(2,3)4;1-3-2/h5-10H2,1-4H3;3H,1H2,2H3/q+1;. The SMILES string of the molecule is C=CC.CCCCCOCC[N+](C)(C)C. The molecule has 0 saturated heterocycles. The first-order chi connectivity index (χ1) is 6.97. The van der Waals surface area contributed by atoms with E-state index in [-0.39, 0.29) is 0 Å². The number of hydrogen-bond donors (Lipinski definition) is 0. The van der Waals surface area contributed by atoms with Crippen molar-refractivity contribution in [3.63, 3.8) is 0 Å². The normalized spacial score (nSPS) is 10.5. The van der Waals surface area contributed by atoms with Crippen LogP contribution in [0.5, 0.6) is 0 Å². The molecule has 0 spiro atoms. The molecule has 0 unspecified atom stereocenters. The van der Waals surface area contributed by atoms with Crippen LogP contribution in [0, 0.1) is 0 Å². The van der Waals surface area contributed by atoms with Crippen LogP contribution in [0.2, 0.25) is 0 Å². The molecule has 0 aromatic heterocycles. The zero-order valence-corrected chi connectivity index (χ0v) is 11.4. The largest absolute Gasteiger partial charge is 0.376 e. The molecule has 0 amide bonds. The Bertz CT molecular complexity index is 127. The molecule has 0 rings (SSSR count). The Hall–Kier alpha value is -0.340. The van der Waals surface area contributed by atoms with Gasteiger partial charge in [0.15, 0.2) is 0 Å². The smallest absolute Gasteiger partial charge is 0.102 e. The third-order valence-electron chi connectivity index (χ3n) is 1.80. The van der Waals surface area contributed by atoms with E-state index in [1.54, 1.807) is 6.08 Å². The zero-order valence-electron chi connectivity index (χ0n) is 11.4. The molecule has 0 bridgehead atoms. The van der Waals surface area contributed by atoms with E-state index < -0.39 is 0 Å². The Balaban J connectivity index is 0. The summed E-state index contributed by atoms with van der Waals surface area (Å²) < 4.78 is 6.49. The van der Waals surface area contributed by atoms with Gasteiger partial charge in [-0.15, -0.1) is 6.58 Å². The average molecular weight is 216 g/mol. The topological polar surface area (TPSA) is 9.23 Å². The maximum atomic E-state index is 5.50. The van der Waals surface area contributed by atoms with Crippen molar-refractivity contribution in [2.24, 2.45) is 0 Å². The lowest BCUT2D eigenvalue weighted by molar-refractivity contribution is -0.870. The van der Waals surface area contributed by atoms with E-state index in [4.69, 9.17) is 4.74 Å². The zero-order chi connectivity index (χ0) is 12.2. The highest BCUT2D eigenvalue weighted by molar-refractivity contribution is 4.51. The maximum absolute atomic E-state index is 5.50. The Morgan fingerprint density at radius 2 is 1.67 bits per heavy atom. The lowest BCUT2D eigenvalue weighted by Gasteiger charge is -2.23. The highest BCUT2D eigenvalue weighted by atomic mass is 16.5. The van der Waals surface area contributed by atoms with Crippen LogP contribution in [0.3, 0.4) is 0 Å². The van der Waals surface area contributed by atoms with E-state index in [1.807, 2.05) is 6.92 Å². The summed E-state index contributed by atoms with van der Waals surface area (Å²) in [5, 5.41) is 0. The predicted molar refractivity (Wildman–Crippen MR) is 69.1 cm³/mol. The molecular weight excluding hydrogens is 186 g/mol. The van der Waals surface area contributed by atoms with Crippen molar-refractivity contribution >= 4 is 0 Å². The number of nitrogens with zero attached hydrogens (tertiary/aromatic N) is 1. The van der Waals surface area contributed by atoms with Gasteiger partial charge in [0, 0.05) is 6.61 Å². The van der Waals surface area contributed by atoms with Crippen molar-refractivity contribution in [1.29, 1.82) is 0 Å². The van der Waals surface area contributed by atoms with E-state index in [1.165, 1.54) is 19.3 Å². The van der Waals surface area contributed by atoms with Crippen LogP contribution in [0.1, 0.15) is 33.1 Å². The maximum Gasteiger partial charge on any atom is 0.102 e.